The van der Waals surface area contributed by atoms with Crippen LogP contribution in [-0.2, 0) is 9.53 Å². The number of hydrogen-bond donors (Lipinski definition) is 0. The number of hydrogen-bond acceptors (Lipinski definition) is 7. The zero-order chi connectivity index (χ0) is 24.9. The van der Waals surface area contributed by atoms with Crippen molar-refractivity contribution in [1.82, 2.24) is 4.57 Å². The van der Waals surface area contributed by atoms with Crippen molar-refractivity contribution in [3.8, 4) is 11.5 Å². The van der Waals surface area contributed by atoms with E-state index in [0.29, 0.717) is 45.1 Å². The molecule has 1 atom stereocenters. The van der Waals surface area contributed by atoms with E-state index in [9.17, 15) is 9.59 Å². The zero-order valence-corrected chi connectivity index (χ0v) is 21.1. The highest BCUT2D eigenvalue weighted by Gasteiger charge is 2.35. The normalized spacial score (nSPS) is 15.4. The van der Waals surface area contributed by atoms with Gasteiger partial charge in [-0.1, -0.05) is 41.7 Å². The van der Waals surface area contributed by atoms with Crippen molar-refractivity contribution >= 4 is 23.4 Å². The smallest absolute Gasteiger partial charge is 0.338 e. The van der Waals surface area contributed by atoms with Crippen LogP contribution < -0.4 is 24.4 Å². The van der Waals surface area contributed by atoms with Crippen LogP contribution in [0.2, 0.25) is 0 Å². The molecule has 0 fully saturated rings. The van der Waals surface area contributed by atoms with E-state index in [0.717, 1.165) is 11.3 Å². The number of allylic oxidation sites excluding steroid dienone is 1. The third-order valence-electron chi connectivity index (χ3n) is 5.52. The second-order valence-electron chi connectivity index (χ2n) is 7.78. The topological polar surface area (TPSA) is 79.1 Å². The first kappa shape index (κ1) is 24.5. The van der Waals surface area contributed by atoms with E-state index in [-0.39, 0.29) is 12.2 Å². The fraction of sp³-hybridized carbons (Fsp3) is 0.296. The van der Waals surface area contributed by atoms with Crippen LogP contribution in [0.1, 0.15) is 44.9 Å². The number of nitrogens with zero attached hydrogens (tertiary/aromatic N) is 2. The molecule has 0 aliphatic carbocycles. The van der Waals surface area contributed by atoms with E-state index in [2.05, 4.69) is 4.99 Å². The van der Waals surface area contributed by atoms with Gasteiger partial charge in [0.25, 0.3) is 5.56 Å². The molecule has 0 amide bonds. The molecular formula is C27H28N2O5S. The number of benzene rings is 2. The summed E-state index contributed by atoms with van der Waals surface area (Å²) in [6, 6.07) is 14.3. The summed E-state index contributed by atoms with van der Waals surface area (Å²) in [5.74, 6) is 0.886. The number of ether oxygens (including phenoxy) is 3. The number of rotatable bonds is 8. The average Bonchev–Trinajstić information content (AvgIpc) is 3.14. The molecule has 1 aromatic heterocycles. The Hall–Kier alpha value is -3.65. The van der Waals surface area contributed by atoms with Gasteiger partial charge < -0.3 is 14.2 Å². The minimum absolute atomic E-state index is 0.220. The first-order valence-corrected chi connectivity index (χ1v) is 12.4. The van der Waals surface area contributed by atoms with Gasteiger partial charge in [0.2, 0.25) is 0 Å². The Bertz CT molecular complexity index is 1430. The molecule has 0 unspecified atom stereocenters. The molecule has 0 saturated heterocycles. The first-order valence-electron chi connectivity index (χ1n) is 11.6. The van der Waals surface area contributed by atoms with E-state index in [1.807, 2.05) is 68.5 Å². The predicted molar refractivity (Wildman–Crippen MR) is 136 cm³/mol. The molecule has 1 aliphatic rings. The lowest BCUT2D eigenvalue weighted by molar-refractivity contribution is -0.139. The summed E-state index contributed by atoms with van der Waals surface area (Å²) in [4.78, 5) is 31.9. The van der Waals surface area contributed by atoms with Gasteiger partial charge in [0, 0.05) is 5.56 Å². The number of carbonyl (C=O) groups excluding carboxylic acids is 1. The summed E-state index contributed by atoms with van der Waals surface area (Å²) in [5.41, 5.74) is 2.20. The van der Waals surface area contributed by atoms with Gasteiger partial charge in [-0.05, 0) is 57.5 Å². The number of carbonyl (C=O) groups is 1. The van der Waals surface area contributed by atoms with Gasteiger partial charge in [0.05, 0.1) is 35.6 Å². The van der Waals surface area contributed by atoms with E-state index in [4.69, 9.17) is 14.2 Å². The van der Waals surface area contributed by atoms with Crippen molar-refractivity contribution < 1.29 is 19.0 Å². The van der Waals surface area contributed by atoms with Gasteiger partial charge in [-0.25, -0.2) is 9.79 Å². The van der Waals surface area contributed by atoms with Crippen molar-refractivity contribution in [3.05, 3.63) is 90.6 Å². The highest BCUT2D eigenvalue weighted by atomic mass is 32.1. The largest absolute Gasteiger partial charge is 0.494 e. The summed E-state index contributed by atoms with van der Waals surface area (Å²) in [6.45, 7) is 8.61. The third-order valence-corrected chi connectivity index (χ3v) is 6.50. The van der Waals surface area contributed by atoms with Crippen LogP contribution in [0.25, 0.3) is 6.08 Å². The lowest BCUT2D eigenvalue weighted by Gasteiger charge is -2.26. The van der Waals surface area contributed by atoms with Gasteiger partial charge >= 0.3 is 5.97 Å². The minimum Gasteiger partial charge on any atom is -0.494 e. The Morgan fingerprint density at radius 3 is 2.43 bits per heavy atom. The van der Waals surface area contributed by atoms with E-state index in [1.165, 1.54) is 11.3 Å². The number of fused-ring (bicyclic) bond motifs is 1. The maximum absolute atomic E-state index is 13.7. The molecule has 182 valence electrons. The second kappa shape index (κ2) is 10.7. The van der Waals surface area contributed by atoms with Crippen molar-refractivity contribution in [1.29, 1.82) is 0 Å². The molecule has 4 rings (SSSR count). The second-order valence-corrected chi connectivity index (χ2v) is 8.78. The summed E-state index contributed by atoms with van der Waals surface area (Å²) in [6.07, 6.45) is 1.83. The molecule has 2 heterocycles. The maximum atomic E-state index is 13.7. The van der Waals surface area contributed by atoms with Crippen LogP contribution in [0.4, 0.5) is 0 Å². The highest BCUT2D eigenvalue weighted by Crippen LogP contribution is 2.35. The third kappa shape index (κ3) is 4.93. The summed E-state index contributed by atoms with van der Waals surface area (Å²) in [7, 11) is 0. The van der Waals surface area contributed by atoms with Crippen molar-refractivity contribution in [2.75, 3.05) is 19.8 Å². The average molecular weight is 493 g/mol. The van der Waals surface area contributed by atoms with Crippen molar-refractivity contribution in [3.63, 3.8) is 0 Å². The standard InChI is InChI=1S/C27H28N2O5S/c1-5-32-19-14-12-18(13-15-19)16-22-25(30)29-24(20-10-8-9-11-21(20)33-6-2)23(26(31)34-7-3)17(4)28-27(29)35-22/h8-16,24H,5-7H2,1-4H3/b22-16-/t24-/m1/s1. The van der Waals surface area contributed by atoms with E-state index >= 15 is 0 Å². The van der Waals surface area contributed by atoms with Gasteiger partial charge in [-0.15, -0.1) is 0 Å². The maximum Gasteiger partial charge on any atom is 0.338 e. The van der Waals surface area contributed by atoms with Crippen LogP contribution in [0.5, 0.6) is 11.5 Å². The highest BCUT2D eigenvalue weighted by molar-refractivity contribution is 7.07. The molecule has 7 nitrogen and oxygen atoms in total. The van der Waals surface area contributed by atoms with Crippen molar-refractivity contribution in [2.45, 2.75) is 33.7 Å². The molecule has 35 heavy (non-hydrogen) atoms. The molecule has 2 aromatic carbocycles. The molecule has 8 heteroatoms. The Kier molecular flexibility index (Phi) is 7.51. The van der Waals surface area contributed by atoms with Gasteiger partial charge in [-0.3, -0.25) is 9.36 Å². The van der Waals surface area contributed by atoms with E-state index < -0.39 is 12.0 Å². The molecule has 0 saturated carbocycles. The Morgan fingerprint density at radius 1 is 1.03 bits per heavy atom. The SMILES string of the molecule is CCOC(=O)C1=C(C)N=c2s/c(=C\c3ccc(OCC)cc3)c(=O)n2[C@@H]1c1ccccc1OCC. The predicted octanol–water partition coefficient (Wildman–Crippen LogP) is 3.60. The number of esters is 1. The molecule has 1 aliphatic heterocycles. The van der Waals surface area contributed by atoms with Gasteiger partial charge in [0.1, 0.15) is 17.5 Å². The number of aromatic nitrogens is 1. The monoisotopic (exact) mass is 492 g/mol. The lowest BCUT2D eigenvalue weighted by atomic mass is 9.95. The number of thiazole rings is 1. The molecule has 0 radical (unpaired) electrons. The van der Waals surface area contributed by atoms with Crippen molar-refractivity contribution in [2.24, 2.45) is 4.99 Å². The Labute approximate surface area is 207 Å². The molecule has 0 bridgehead atoms. The van der Waals surface area contributed by atoms with Crippen LogP contribution in [0, 0.1) is 0 Å². The summed E-state index contributed by atoms with van der Waals surface area (Å²) in [5, 5.41) is 0. The van der Waals surface area contributed by atoms with Gasteiger partial charge in [-0.2, -0.15) is 0 Å². The zero-order valence-electron chi connectivity index (χ0n) is 20.2. The summed E-state index contributed by atoms with van der Waals surface area (Å²) >= 11 is 1.29. The fourth-order valence-corrected chi connectivity index (χ4v) is 5.10. The van der Waals surface area contributed by atoms with E-state index in [1.54, 1.807) is 18.4 Å². The van der Waals surface area contributed by atoms with Crippen LogP contribution in [-0.4, -0.2) is 30.4 Å². The molecule has 0 spiro atoms. The Morgan fingerprint density at radius 2 is 1.74 bits per heavy atom. The molecule has 0 N–H and O–H groups in total. The van der Waals surface area contributed by atoms with Crippen LogP contribution in [0.15, 0.2) is 69.6 Å². The van der Waals surface area contributed by atoms with Gasteiger partial charge in [0.15, 0.2) is 4.80 Å². The quantitative estimate of drug-likeness (QED) is 0.449. The van der Waals surface area contributed by atoms with Crippen LogP contribution in [0.3, 0.4) is 0 Å². The molecule has 3 aromatic rings. The first-order chi connectivity index (χ1) is 17.0. The Balaban J connectivity index is 1.91. The van der Waals surface area contributed by atoms with Crippen LogP contribution >= 0.6 is 11.3 Å². The minimum atomic E-state index is -0.712. The lowest BCUT2D eigenvalue weighted by Crippen LogP contribution is -2.40. The molecular weight excluding hydrogens is 464 g/mol. The summed E-state index contributed by atoms with van der Waals surface area (Å²) < 4.78 is 18.8. The number of para-hydroxylation sites is 1. The fourth-order valence-electron chi connectivity index (χ4n) is 4.06.